The van der Waals surface area contributed by atoms with Crippen molar-refractivity contribution in [3.05, 3.63) is 17.3 Å². The third kappa shape index (κ3) is 3.99. The molecule has 0 saturated carbocycles. The average molecular weight is 232 g/mol. The number of aromatic nitrogens is 2. The van der Waals surface area contributed by atoms with Crippen molar-refractivity contribution < 1.29 is 9.84 Å². The zero-order valence-electron chi connectivity index (χ0n) is 8.72. The highest BCUT2D eigenvalue weighted by Gasteiger charge is 2.09. The van der Waals surface area contributed by atoms with E-state index in [1.54, 1.807) is 24.1 Å². The van der Waals surface area contributed by atoms with Crippen molar-refractivity contribution in [2.45, 2.75) is 6.10 Å². The Morgan fingerprint density at radius 1 is 1.53 bits per heavy atom. The van der Waals surface area contributed by atoms with Crippen LogP contribution in [0.4, 0.5) is 5.82 Å². The summed E-state index contributed by atoms with van der Waals surface area (Å²) in [5, 5.41) is 17.4. The maximum atomic E-state index is 9.49. The summed E-state index contributed by atoms with van der Waals surface area (Å²) in [7, 11) is 3.36. The summed E-state index contributed by atoms with van der Waals surface area (Å²) in [5.41, 5.74) is 0. The molecule has 1 N–H and O–H groups in total. The van der Waals surface area contributed by atoms with E-state index in [9.17, 15) is 5.11 Å². The molecule has 6 heteroatoms. The van der Waals surface area contributed by atoms with Gasteiger partial charge in [0.2, 0.25) is 0 Å². The Hall–Kier alpha value is -0.910. The number of anilines is 1. The number of ether oxygens (including phenoxy) is 1. The van der Waals surface area contributed by atoms with Crippen LogP contribution in [0.25, 0.3) is 0 Å². The van der Waals surface area contributed by atoms with Crippen LogP contribution in [-0.2, 0) is 4.74 Å². The molecule has 84 valence electrons. The minimum absolute atomic E-state index is 0.297. The molecule has 0 radical (unpaired) electrons. The van der Waals surface area contributed by atoms with Gasteiger partial charge in [-0.15, -0.1) is 10.2 Å². The molecule has 1 atom stereocenters. The van der Waals surface area contributed by atoms with Crippen molar-refractivity contribution in [3.8, 4) is 0 Å². The second-order valence-corrected chi connectivity index (χ2v) is 3.59. The predicted octanol–water partition coefficient (Wildman–Crippen LogP) is 0.573. The molecule has 0 aliphatic heterocycles. The van der Waals surface area contributed by atoms with Crippen LogP contribution in [0.1, 0.15) is 0 Å². The highest BCUT2D eigenvalue weighted by molar-refractivity contribution is 6.29. The number of rotatable bonds is 5. The van der Waals surface area contributed by atoms with Gasteiger partial charge in [0, 0.05) is 20.7 Å². The Labute approximate surface area is 93.6 Å². The van der Waals surface area contributed by atoms with E-state index in [1.165, 1.54) is 0 Å². The fraction of sp³-hybridized carbons (Fsp3) is 0.556. The van der Waals surface area contributed by atoms with Crippen LogP contribution in [0.2, 0.25) is 5.15 Å². The van der Waals surface area contributed by atoms with Crippen LogP contribution in [-0.4, -0.2) is 48.7 Å². The molecule has 0 aliphatic carbocycles. The number of hydrogen-bond acceptors (Lipinski definition) is 5. The lowest BCUT2D eigenvalue weighted by atomic mass is 10.3. The lowest BCUT2D eigenvalue weighted by Gasteiger charge is -2.20. The number of methoxy groups -OCH3 is 1. The summed E-state index contributed by atoms with van der Waals surface area (Å²) in [6, 6.07) is 3.40. The van der Waals surface area contributed by atoms with E-state index in [1.807, 2.05) is 7.05 Å². The van der Waals surface area contributed by atoms with E-state index < -0.39 is 6.10 Å². The summed E-state index contributed by atoms with van der Waals surface area (Å²) < 4.78 is 4.83. The second kappa shape index (κ2) is 5.85. The van der Waals surface area contributed by atoms with E-state index in [0.29, 0.717) is 24.1 Å². The zero-order valence-corrected chi connectivity index (χ0v) is 9.48. The molecule has 1 heterocycles. The molecule has 1 unspecified atom stereocenters. The molecule has 15 heavy (non-hydrogen) atoms. The Kier molecular flexibility index (Phi) is 4.74. The molecule has 0 saturated heterocycles. The summed E-state index contributed by atoms with van der Waals surface area (Å²) in [6.45, 7) is 0.732. The number of hydrogen-bond donors (Lipinski definition) is 1. The van der Waals surface area contributed by atoms with Gasteiger partial charge in [0.25, 0.3) is 0 Å². The van der Waals surface area contributed by atoms with Crippen LogP contribution in [0, 0.1) is 0 Å². The Bertz CT molecular complexity index is 294. The van der Waals surface area contributed by atoms with Crippen molar-refractivity contribution in [1.29, 1.82) is 0 Å². The highest BCUT2D eigenvalue weighted by atomic mass is 35.5. The number of aliphatic hydroxyl groups excluding tert-OH is 1. The quantitative estimate of drug-likeness (QED) is 0.803. The normalized spacial score (nSPS) is 12.5. The van der Waals surface area contributed by atoms with Gasteiger partial charge in [-0.3, -0.25) is 0 Å². The molecule has 0 bridgehead atoms. The number of likely N-dealkylation sites (N-methyl/N-ethyl adjacent to an activating group) is 1. The van der Waals surface area contributed by atoms with Gasteiger partial charge >= 0.3 is 0 Å². The largest absolute Gasteiger partial charge is 0.389 e. The fourth-order valence-electron chi connectivity index (χ4n) is 1.17. The first-order chi connectivity index (χ1) is 7.13. The molecule has 1 rings (SSSR count). The Morgan fingerprint density at radius 3 is 2.80 bits per heavy atom. The topological polar surface area (TPSA) is 58.5 Å². The lowest BCUT2D eigenvalue weighted by molar-refractivity contribution is 0.0694. The third-order valence-corrected chi connectivity index (χ3v) is 2.05. The first-order valence-electron chi connectivity index (χ1n) is 4.51. The highest BCUT2D eigenvalue weighted by Crippen LogP contribution is 2.10. The van der Waals surface area contributed by atoms with E-state index >= 15 is 0 Å². The Morgan fingerprint density at radius 2 is 2.27 bits per heavy atom. The molecule has 0 spiro atoms. The summed E-state index contributed by atoms with van der Waals surface area (Å²) in [4.78, 5) is 1.78. The lowest BCUT2D eigenvalue weighted by Crippen LogP contribution is -2.32. The van der Waals surface area contributed by atoms with Gasteiger partial charge in [0.15, 0.2) is 11.0 Å². The van der Waals surface area contributed by atoms with Crippen molar-refractivity contribution in [2.75, 3.05) is 32.2 Å². The van der Waals surface area contributed by atoms with Crippen LogP contribution < -0.4 is 4.90 Å². The van der Waals surface area contributed by atoms with Crippen molar-refractivity contribution >= 4 is 17.4 Å². The van der Waals surface area contributed by atoms with E-state index in [-0.39, 0.29) is 0 Å². The zero-order chi connectivity index (χ0) is 11.3. The summed E-state index contributed by atoms with van der Waals surface area (Å²) >= 11 is 5.61. The van der Waals surface area contributed by atoms with E-state index in [2.05, 4.69) is 10.2 Å². The minimum Gasteiger partial charge on any atom is -0.389 e. The van der Waals surface area contributed by atoms with Gasteiger partial charge in [-0.2, -0.15) is 0 Å². The van der Waals surface area contributed by atoms with Gasteiger partial charge in [-0.1, -0.05) is 11.6 Å². The number of halogens is 1. The summed E-state index contributed by atoms with van der Waals surface area (Å²) in [6.07, 6.45) is -0.544. The molecule has 5 nitrogen and oxygen atoms in total. The van der Waals surface area contributed by atoms with Crippen molar-refractivity contribution in [3.63, 3.8) is 0 Å². The Balaban J connectivity index is 2.53. The SMILES string of the molecule is COCC(O)CN(C)c1ccc(Cl)nn1. The van der Waals surface area contributed by atoms with E-state index in [0.717, 1.165) is 0 Å². The molecule has 0 aliphatic rings. The smallest absolute Gasteiger partial charge is 0.151 e. The summed E-state index contributed by atoms with van der Waals surface area (Å²) in [5.74, 6) is 0.662. The van der Waals surface area contributed by atoms with Crippen LogP contribution >= 0.6 is 11.6 Å². The molecule has 1 aromatic heterocycles. The number of nitrogens with zero attached hydrogens (tertiary/aromatic N) is 3. The monoisotopic (exact) mass is 231 g/mol. The van der Waals surface area contributed by atoms with Crippen molar-refractivity contribution in [2.24, 2.45) is 0 Å². The number of aliphatic hydroxyl groups is 1. The van der Waals surface area contributed by atoms with Gasteiger partial charge in [-0.25, -0.2) is 0 Å². The van der Waals surface area contributed by atoms with Gasteiger partial charge in [0.05, 0.1) is 12.7 Å². The third-order valence-electron chi connectivity index (χ3n) is 1.85. The average Bonchev–Trinajstić information content (AvgIpc) is 2.18. The first kappa shape index (κ1) is 12.2. The maximum absolute atomic E-state index is 9.49. The van der Waals surface area contributed by atoms with Crippen LogP contribution in [0.15, 0.2) is 12.1 Å². The molecule has 0 fully saturated rings. The predicted molar refractivity (Wildman–Crippen MR) is 58.2 cm³/mol. The van der Waals surface area contributed by atoms with Gasteiger partial charge in [-0.05, 0) is 12.1 Å². The molecular weight excluding hydrogens is 218 g/mol. The van der Waals surface area contributed by atoms with Crippen molar-refractivity contribution in [1.82, 2.24) is 10.2 Å². The minimum atomic E-state index is -0.544. The molecule has 0 aromatic carbocycles. The fourth-order valence-corrected chi connectivity index (χ4v) is 1.27. The molecule has 1 aromatic rings. The second-order valence-electron chi connectivity index (χ2n) is 3.20. The van der Waals surface area contributed by atoms with E-state index in [4.69, 9.17) is 16.3 Å². The first-order valence-corrected chi connectivity index (χ1v) is 4.88. The maximum Gasteiger partial charge on any atom is 0.151 e. The standard InChI is InChI=1S/C9H14ClN3O2/c1-13(5-7(14)6-15-2)9-4-3-8(10)11-12-9/h3-4,7,14H,5-6H2,1-2H3. The molecule has 0 amide bonds. The van der Waals surface area contributed by atoms with Gasteiger partial charge < -0.3 is 14.7 Å². The van der Waals surface area contributed by atoms with Crippen LogP contribution in [0.5, 0.6) is 0 Å². The van der Waals surface area contributed by atoms with Gasteiger partial charge in [0.1, 0.15) is 0 Å². The van der Waals surface area contributed by atoms with Crippen LogP contribution in [0.3, 0.4) is 0 Å². The molecular formula is C9H14ClN3O2.